The lowest BCUT2D eigenvalue weighted by Crippen LogP contribution is -2.34. The molecular weight excluding hydrogens is 507 g/mol. The molecule has 10 heteroatoms. The number of halogens is 3. The molecule has 202 valence electrons. The van der Waals surface area contributed by atoms with E-state index >= 15 is 0 Å². The molecule has 0 aliphatic carbocycles. The molecule has 0 atom stereocenters. The summed E-state index contributed by atoms with van der Waals surface area (Å²) in [7, 11) is 0. The second-order valence-corrected chi connectivity index (χ2v) is 9.41. The Hall–Kier alpha value is -4.21. The zero-order valence-corrected chi connectivity index (χ0v) is 21.5. The first-order chi connectivity index (χ1) is 18.8. The van der Waals surface area contributed by atoms with Gasteiger partial charge in [0.1, 0.15) is 22.7 Å². The fourth-order valence-electron chi connectivity index (χ4n) is 4.67. The molecule has 0 radical (unpaired) electrons. The van der Waals surface area contributed by atoms with E-state index < -0.39 is 11.7 Å². The van der Waals surface area contributed by atoms with Crippen LogP contribution in [0.1, 0.15) is 36.7 Å². The van der Waals surface area contributed by atoms with Gasteiger partial charge >= 0.3 is 6.18 Å². The van der Waals surface area contributed by atoms with Crippen molar-refractivity contribution in [1.82, 2.24) is 20.0 Å². The summed E-state index contributed by atoms with van der Waals surface area (Å²) in [6.45, 7) is 4.16. The van der Waals surface area contributed by atoms with Crippen LogP contribution in [0.25, 0.3) is 28.4 Å². The Labute approximate surface area is 223 Å². The number of anilines is 1. The number of carbonyl (C=O) groups is 1. The van der Waals surface area contributed by atoms with E-state index in [1.54, 1.807) is 23.1 Å². The van der Waals surface area contributed by atoms with Crippen molar-refractivity contribution in [3.05, 3.63) is 77.6 Å². The average molecular weight is 536 g/mol. The number of carbonyl (C=O) groups excluding carboxylic acids is 1. The van der Waals surface area contributed by atoms with Gasteiger partial charge in [0.25, 0.3) is 5.71 Å². The Morgan fingerprint density at radius 1 is 1.03 bits per heavy atom. The van der Waals surface area contributed by atoms with Crippen LogP contribution in [0, 0.1) is 0 Å². The predicted octanol–water partition coefficient (Wildman–Crippen LogP) is 6.01. The van der Waals surface area contributed by atoms with Crippen molar-refractivity contribution >= 4 is 28.9 Å². The van der Waals surface area contributed by atoms with Gasteiger partial charge in [-0.05, 0) is 36.6 Å². The highest BCUT2D eigenvalue weighted by Gasteiger charge is 2.31. The van der Waals surface area contributed by atoms with Crippen LogP contribution in [-0.2, 0) is 17.4 Å². The summed E-state index contributed by atoms with van der Waals surface area (Å²) < 4.78 is 45.8. The monoisotopic (exact) mass is 535 g/mol. The molecule has 2 aromatic carbocycles. The summed E-state index contributed by atoms with van der Waals surface area (Å²) in [5, 5.41) is 4.59. The van der Waals surface area contributed by atoms with Crippen molar-refractivity contribution in [1.29, 1.82) is 0 Å². The molecule has 0 spiro atoms. The van der Waals surface area contributed by atoms with E-state index in [1.165, 1.54) is 6.07 Å². The van der Waals surface area contributed by atoms with Gasteiger partial charge in [-0.25, -0.2) is 4.98 Å². The van der Waals surface area contributed by atoms with Gasteiger partial charge in [-0.1, -0.05) is 54.5 Å². The molecule has 0 unspecified atom stereocenters. The van der Waals surface area contributed by atoms with E-state index in [0.717, 1.165) is 24.1 Å². The van der Waals surface area contributed by atoms with Crippen LogP contribution in [0.15, 0.2) is 65.2 Å². The SMILES string of the molecule is CCCc1nc(N2CCCN(C(=O)C=Cc3ccccc3)CC2)c2c(-c3cccc(C(F)(F)F)c3)noc2n1. The second-order valence-electron chi connectivity index (χ2n) is 9.41. The van der Waals surface area contributed by atoms with Crippen LogP contribution >= 0.6 is 0 Å². The highest BCUT2D eigenvalue weighted by atomic mass is 19.4. The van der Waals surface area contributed by atoms with Gasteiger partial charge in [-0.3, -0.25) is 4.79 Å². The highest BCUT2D eigenvalue weighted by molar-refractivity contribution is 5.98. The molecule has 1 saturated heterocycles. The molecule has 3 heterocycles. The molecule has 0 saturated carbocycles. The number of amides is 1. The largest absolute Gasteiger partial charge is 0.416 e. The minimum atomic E-state index is -4.49. The minimum Gasteiger partial charge on any atom is -0.354 e. The first-order valence-electron chi connectivity index (χ1n) is 12.9. The van der Waals surface area contributed by atoms with Crippen molar-refractivity contribution < 1.29 is 22.5 Å². The summed E-state index contributed by atoms with van der Waals surface area (Å²) in [6, 6.07) is 14.6. The third-order valence-electron chi connectivity index (χ3n) is 6.63. The van der Waals surface area contributed by atoms with Crippen LogP contribution in [0.4, 0.5) is 19.0 Å². The van der Waals surface area contributed by atoms with Crippen molar-refractivity contribution in [3.8, 4) is 11.3 Å². The van der Waals surface area contributed by atoms with Crippen molar-refractivity contribution in [2.75, 3.05) is 31.1 Å². The molecule has 0 N–H and O–H groups in total. The fraction of sp³-hybridized carbons (Fsp3) is 0.310. The van der Waals surface area contributed by atoms with Crippen molar-refractivity contribution in [3.63, 3.8) is 0 Å². The van der Waals surface area contributed by atoms with Crippen molar-refractivity contribution in [2.45, 2.75) is 32.4 Å². The zero-order valence-electron chi connectivity index (χ0n) is 21.5. The summed E-state index contributed by atoms with van der Waals surface area (Å²) in [6.07, 6.45) is 1.02. The molecule has 0 bridgehead atoms. The maximum Gasteiger partial charge on any atom is 0.416 e. The number of aryl methyl sites for hydroxylation is 1. The Kier molecular flexibility index (Phi) is 7.63. The molecule has 1 aliphatic rings. The number of hydrogen-bond acceptors (Lipinski definition) is 6. The molecule has 4 aromatic rings. The van der Waals surface area contributed by atoms with E-state index in [9.17, 15) is 18.0 Å². The van der Waals surface area contributed by atoms with Gasteiger partial charge in [0, 0.05) is 44.2 Å². The van der Waals surface area contributed by atoms with Crippen LogP contribution in [0.3, 0.4) is 0 Å². The molecular formula is C29H28F3N5O2. The summed E-state index contributed by atoms with van der Waals surface area (Å²) >= 11 is 0. The van der Waals surface area contributed by atoms with Gasteiger partial charge < -0.3 is 14.3 Å². The van der Waals surface area contributed by atoms with E-state index in [2.05, 4.69) is 10.1 Å². The first-order valence-corrected chi connectivity index (χ1v) is 12.9. The molecule has 5 rings (SSSR count). The number of fused-ring (bicyclic) bond motifs is 1. The normalized spacial score (nSPS) is 14.8. The molecule has 39 heavy (non-hydrogen) atoms. The Morgan fingerprint density at radius 2 is 1.85 bits per heavy atom. The molecule has 2 aromatic heterocycles. The molecule has 1 amide bonds. The summed E-state index contributed by atoms with van der Waals surface area (Å²) in [4.78, 5) is 26.1. The summed E-state index contributed by atoms with van der Waals surface area (Å²) in [5.74, 6) is 1.07. The number of alkyl halides is 3. The Bertz CT molecular complexity index is 1480. The van der Waals surface area contributed by atoms with Gasteiger partial charge in [-0.2, -0.15) is 18.2 Å². The number of nitrogens with zero attached hydrogens (tertiary/aromatic N) is 5. The van der Waals surface area contributed by atoms with Crippen LogP contribution in [-0.4, -0.2) is 52.1 Å². The topological polar surface area (TPSA) is 75.4 Å². The third kappa shape index (κ3) is 5.94. The van der Waals surface area contributed by atoms with Crippen LogP contribution < -0.4 is 4.90 Å². The average Bonchev–Trinajstić information content (AvgIpc) is 3.20. The Balaban J connectivity index is 1.46. The second kappa shape index (κ2) is 11.3. The minimum absolute atomic E-state index is 0.0742. The smallest absolute Gasteiger partial charge is 0.354 e. The first kappa shape index (κ1) is 26.4. The van der Waals surface area contributed by atoms with Gasteiger partial charge in [0.15, 0.2) is 0 Å². The van der Waals surface area contributed by atoms with E-state index in [1.807, 2.05) is 42.2 Å². The fourth-order valence-corrected chi connectivity index (χ4v) is 4.67. The van der Waals surface area contributed by atoms with Crippen LogP contribution in [0.5, 0.6) is 0 Å². The maximum atomic E-state index is 13.4. The van der Waals surface area contributed by atoms with Crippen molar-refractivity contribution in [2.24, 2.45) is 0 Å². The van der Waals surface area contributed by atoms with E-state index in [-0.39, 0.29) is 22.9 Å². The molecule has 1 aliphatic heterocycles. The molecule has 1 fully saturated rings. The highest BCUT2D eigenvalue weighted by Crippen LogP contribution is 2.37. The van der Waals surface area contributed by atoms with Crippen LogP contribution in [0.2, 0.25) is 0 Å². The number of rotatable bonds is 6. The lowest BCUT2D eigenvalue weighted by molar-refractivity contribution is -0.137. The number of hydrogen-bond donors (Lipinski definition) is 0. The van der Waals surface area contributed by atoms with Gasteiger partial charge in [0.05, 0.1) is 5.56 Å². The summed E-state index contributed by atoms with van der Waals surface area (Å²) in [5.41, 5.74) is 0.947. The third-order valence-corrected chi connectivity index (χ3v) is 6.63. The van der Waals surface area contributed by atoms with Gasteiger partial charge in [0.2, 0.25) is 5.91 Å². The maximum absolute atomic E-state index is 13.4. The predicted molar refractivity (Wildman–Crippen MR) is 143 cm³/mol. The lowest BCUT2D eigenvalue weighted by atomic mass is 10.1. The number of aromatic nitrogens is 3. The lowest BCUT2D eigenvalue weighted by Gasteiger charge is -2.23. The van der Waals surface area contributed by atoms with E-state index in [4.69, 9.17) is 9.51 Å². The van der Waals surface area contributed by atoms with Gasteiger partial charge in [-0.15, -0.1) is 0 Å². The zero-order chi connectivity index (χ0) is 27.4. The number of benzene rings is 2. The standard InChI is InChI=1S/C29H28F3N5O2/c1-2-8-23-33-27(25-26(35-39-28(25)34-23)21-11-6-12-22(19-21)29(30,31)32)37-16-7-15-36(17-18-37)24(38)14-13-20-9-4-3-5-10-20/h3-6,9-14,19H,2,7-8,15-18H2,1H3. The quantitative estimate of drug-likeness (QED) is 0.282. The Morgan fingerprint density at radius 3 is 2.62 bits per heavy atom. The molecule has 7 nitrogen and oxygen atoms in total. The van der Waals surface area contributed by atoms with E-state index in [0.29, 0.717) is 56.0 Å².